The Morgan fingerprint density at radius 3 is 2.91 bits per heavy atom. The van der Waals surface area contributed by atoms with Crippen molar-refractivity contribution >= 4 is 24.4 Å². The molecule has 0 aliphatic heterocycles. The Balaban J connectivity index is 2.12. The molecular weight excluding hydrogens is 300 g/mol. The van der Waals surface area contributed by atoms with Gasteiger partial charge < -0.3 is 10.1 Å². The topological polar surface area (TPSA) is 69.0 Å². The lowest BCUT2D eigenvalue weighted by atomic mass is 10.1. The summed E-state index contributed by atoms with van der Waals surface area (Å²) in [6.45, 7) is 4.46. The van der Waals surface area contributed by atoms with Crippen LogP contribution in [0.3, 0.4) is 0 Å². The van der Waals surface area contributed by atoms with Gasteiger partial charge in [-0.15, -0.1) is 0 Å². The largest absolute Gasteiger partial charge is 0.496 e. The van der Waals surface area contributed by atoms with E-state index < -0.39 is 0 Å². The van der Waals surface area contributed by atoms with E-state index in [2.05, 4.69) is 28.0 Å². The second-order valence-corrected chi connectivity index (χ2v) is 5.41. The first-order valence-electron chi connectivity index (χ1n) is 6.98. The molecule has 0 saturated carbocycles. The molecule has 2 aromatic rings. The zero-order valence-corrected chi connectivity index (χ0v) is 13.9. The van der Waals surface area contributed by atoms with E-state index in [4.69, 9.17) is 4.74 Å². The smallest absolute Gasteiger partial charge is 0.226 e. The van der Waals surface area contributed by atoms with E-state index >= 15 is 0 Å². The van der Waals surface area contributed by atoms with Crippen LogP contribution < -0.4 is 10.1 Å². The zero-order chi connectivity index (χ0) is 16.1. The number of methoxy groups -OCH3 is 1. The number of hydrogen-bond acceptors (Lipinski definition) is 5. The van der Waals surface area contributed by atoms with Crippen molar-refractivity contribution in [3.05, 3.63) is 35.3 Å². The lowest BCUT2D eigenvalue weighted by molar-refractivity contribution is -0.115. The molecule has 2 aromatic heterocycles. The summed E-state index contributed by atoms with van der Waals surface area (Å²) in [6, 6.07) is 1.76. The third-order valence-corrected chi connectivity index (χ3v) is 3.53. The molecule has 0 saturated heterocycles. The first kappa shape index (κ1) is 16.4. The van der Waals surface area contributed by atoms with Gasteiger partial charge in [0.2, 0.25) is 5.91 Å². The molecule has 0 spiro atoms. The van der Waals surface area contributed by atoms with E-state index in [0.29, 0.717) is 24.5 Å². The van der Waals surface area contributed by atoms with Gasteiger partial charge >= 0.3 is 0 Å². The fourth-order valence-corrected chi connectivity index (χ4v) is 2.41. The van der Waals surface area contributed by atoms with E-state index in [1.807, 2.05) is 20.0 Å². The lowest BCUT2D eigenvalue weighted by Crippen LogP contribution is -2.13. The Labute approximate surface area is 135 Å². The third kappa shape index (κ3) is 3.79. The number of rotatable bonds is 6. The summed E-state index contributed by atoms with van der Waals surface area (Å²) in [5.74, 6) is 1.80. The first-order chi connectivity index (χ1) is 10.5. The third-order valence-electron chi connectivity index (χ3n) is 3.31. The fraction of sp³-hybridized carbons (Fsp3) is 0.400. The maximum absolute atomic E-state index is 11.5. The Morgan fingerprint density at radius 2 is 2.23 bits per heavy atom. The van der Waals surface area contributed by atoms with E-state index in [1.165, 1.54) is 0 Å². The van der Waals surface area contributed by atoms with Crippen LogP contribution in [0.2, 0.25) is 0 Å². The molecule has 1 N–H and O–H groups in total. The zero-order valence-electron chi connectivity index (χ0n) is 13.0. The molecule has 118 valence electrons. The lowest BCUT2D eigenvalue weighted by Gasteiger charge is -2.12. The van der Waals surface area contributed by atoms with Crippen LogP contribution in [0.5, 0.6) is 5.75 Å². The van der Waals surface area contributed by atoms with Crippen molar-refractivity contribution in [2.75, 3.05) is 18.2 Å². The Bertz CT molecular complexity index is 670. The Morgan fingerprint density at radius 1 is 1.45 bits per heavy atom. The van der Waals surface area contributed by atoms with E-state index in [1.54, 1.807) is 24.1 Å². The highest BCUT2D eigenvalue weighted by Gasteiger charge is 2.11. The van der Waals surface area contributed by atoms with Crippen molar-refractivity contribution in [3.63, 3.8) is 0 Å². The minimum atomic E-state index is -0.0911. The predicted molar refractivity (Wildman–Crippen MR) is 88.7 cm³/mol. The summed E-state index contributed by atoms with van der Waals surface area (Å²) in [5, 5.41) is 7.06. The van der Waals surface area contributed by atoms with Crippen molar-refractivity contribution in [3.8, 4) is 5.75 Å². The summed E-state index contributed by atoms with van der Waals surface area (Å²) >= 11 is 4.03. The van der Waals surface area contributed by atoms with Crippen LogP contribution in [0.1, 0.15) is 23.2 Å². The van der Waals surface area contributed by atoms with Crippen LogP contribution in [0.4, 0.5) is 5.82 Å². The van der Waals surface area contributed by atoms with E-state index in [0.717, 1.165) is 22.6 Å². The van der Waals surface area contributed by atoms with Crippen molar-refractivity contribution in [1.82, 2.24) is 14.8 Å². The maximum atomic E-state index is 11.5. The molecule has 0 fully saturated rings. The molecule has 22 heavy (non-hydrogen) atoms. The number of aryl methyl sites for hydroxylation is 1. The molecule has 2 heterocycles. The minimum absolute atomic E-state index is 0.0911. The van der Waals surface area contributed by atoms with Gasteiger partial charge in [-0.25, -0.2) is 0 Å². The fourth-order valence-electron chi connectivity index (χ4n) is 2.21. The summed E-state index contributed by atoms with van der Waals surface area (Å²) in [5.41, 5.74) is 2.89. The molecule has 0 radical (unpaired) electrons. The van der Waals surface area contributed by atoms with Gasteiger partial charge in [0.25, 0.3) is 0 Å². The van der Waals surface area contributed by atoms with Crippen LogP contribution in [0, 0.1) is 13.8 Å². The summed E-state index contributed by atoms with van der Waals surface area (Å²) in [6.07, 6.45) is 3.97. The maximum Gasteiger partial charge on any atom is 0.226 e. The normalized spacial score (nSPS) is 10.5. The van der Waals surface area contributed by atoms with Gasteiger partial charge in [-0.05, 0) is 19.6 Å². The Hall–Kier alpha value is -2.02. The average Bonchev–Trinajstić information content (AvgIpc) is 2.90. The highest BCUT2D eigenvalue weighted by Crippen LogP contribution is 2.24. The van der Waals surface area contributed by atoms with Crippen molar-refractivity contribution in [2.24, 2.45) is 0 Å². The average molecular weight is 320 g/mol. The van der Waals surface area contributed by atoms with E-state index in [9.17, 15) is 4.79 Å². The Kier molecular flexibility index (Phi) is 5.43. The molecule has 0 aromatic carbocycles. The molecular formula is C15H20N4O2S. The van der Waals surface area contributed by atoms with Gasteiger partial charge in [-0.1, -0.05) is 0 Å². The number of carbonyl (C=O) groups excluding carboxylic acids is 1. The van der Waals surface area contributed by atoms with Crippen LogP contribution in [-0.4, -0.2) is 33.5 Å². The molecule has 0 aliphatic rings. The number of hydrogen-bond donors (Lipinski definition) is 2. The number of pyridine rings is 1. The number of ether oxygens (including phenoxy) is 1. The van der Waals surface area contributed by atoms with Crippen molar-refractivity contribution in [1.29, 1.82) is 0 Å². The molecule has 1 amide bonds. The van der Waals surface area contributed by atoms with Gasteiger partial charge in [-0.2, -0.15) is 17.7 Å². The van der Waals surface area contributed by atoms with Crippen LogP contribution in [-0.2, 0) is 11.3 Å². The number of amides is 1. The number of aromatic nitrogens is 3. The molecule has 2 rings (SSSR count). The standard InChI is InChI=1S/C15H20N4O2S/c1-10-8-16-12(11(2)15(10)21-3)9-19-6-4-13(18-19)17-14(20)5-7-22/h4,6,8,22H,5,7,9H2,1-3H3,(H,17,18,20). The van der Waals surface area contributed by atoms with Crippen molar-refractivity contribution in [2.45, 2.75) is 26.8 Å². The number of anilines is 1. The van der Waals surface area contributed by atoms with Gasteiger partial charge in [0.05, 0.1) is 19.3 Å². The molecule has 0 aliphatic carbocycles. The quantitative estimate of drug-likeness (QED) is 0.801. The molecule has 6 nitrogen and oxygen atoms in total. The van der Waals surface area contributed by atoms with Gasteiger partial charge in [0.1, 0.15) is 5.75 Å². The number of nitrogens with one attached hydrogen (secondary N) is 1. The van der Waals surface area contributed by atoms with Crippen LogP contribution in [0.25, 0.3) is 0 Å². The molecule has 7 heteroatoms. The summed E-state index contributed by atoms with van der Waals surface area (Å²) in [7, 11) is 1.65. The van der Waals surface area contributed by atoms with E-state index in [-0.39, 0.29) is 5.91 Å². The van der Waals surface area contributed by atoms with Crippen LogP contribution in [0.15, 0.2) is 18.5 Å². The number of carbonyl (C=O) groups is 1. The molecule has 0 bridgehead atoms. The van der Waals surface area contributed by atoms with Crippen LogP contribution >= 0.6 is 12.6 Å². The minimum Gasteiger partial charge on any atom is -0.496 e. The molecule has 0 atom stereocenters. The monoisotopic (exact) mass is 320 g/mol. The predicted octanol–water partition coefficient (Wildman–Crippen LogP) is 2.21. The van der Waals surface area contributed by atoms with Gasteiger partial charge in [0.15, 0.2) is 5.82 Å². The first-order valence-corrected chi connectivity index (χ1v) is 7.61. The SMILES string of the molecule is COc1c(C)cnc(Cn2ccc(NC(=O)CCS)n2)c1C. The van der Waals surface area contributed by atoms with Gasteiger partial charge in [-0.3, -0.25) is 14.5 Å². The highest BCUT2D eigenvalue weighted by molar-refractivity contribution is 7.80. The second kappa shape index (κ2) is 7.31. The van der Waals surface area contributed by atoms with Crippen molar-refractivity contribution < 1.29 is 9.53 Å². The number of nitrogens with zero attached hydrogens (tertiary/aromatic N) is 3. The number of thiol groups is 1. The highest BCUT2D eigenvalue weighted by atomic mass is 32.1. The summed E-state index contributed by atoms with van der Waals surface area (Å²) < 4.78 is 7.14. The molecule has 0 unspecified atom stereocenters. The van der Waals surface area contributed by atoms with Gasteiger partial charge in [0, 0.05) is 36.0 Å². The second-order valence-electron chi connectivity index (χ2n) is 4.97. The summed E-state index contributed by atoms with van der Waals surface area (Å²) in [4.78, 5) is 16.0.